The minimum atomic E-state index is -1.14. The van der Waals surface area contributed by atoms with Gasteiger partial charge in [0.25, 0.3) is 5.91 Å². The van der Waals surface area contributed by atoms with Gasteiger partial charge < -0.3 is 15.2 Å². The number of aliphatic hydroxyl groups excluding tert-OH is 1. The van der Waals surface area contributed by atoms with Gasteiger partial charge in [0.1, 0.15) is 12.4 Å². The second-order valence-corrected chi connectivity index (χ2v) is 4.99. The van der Waals surface area contributed by atoms with Crippen molar-refractivity contribution in [2.24, 2.45) is 0 Å². The summed E-state index contributed by atoms with van der Waals surface area (Å²) in [5.41, 5.74) is 1.65. The predicted octanol–water partition coefficient (Wildman–Crippen LogP) is 2.09. The summed E-state index contributed by atoms with van der Waals surface area (Å²) in [6.45, 7) is 0.695. The van der Waals surface area contributed by atoms with Crippen LogP contribution in [0, 0.1) is 12.3 Å². The normalized spacial score (nSPS) is 11.3. The molecule has 4 nitrogen and oxygen atoms in total. The molecule has 0 aliphatic carbocycles. The van der Waals surface area contributed by atoms with Crippen molar-refractivity contribution in [2.45, 2.75) is 12.5 Å². The van der Waals surface area contributed by atoms with Crippen LogP contribution in [0.4, 0.5) is 0 Å². The number of benzene rings is 2. The van der Waals surface area contributed by atoms with E-state index >= 15 is 0 Å². The highest BCUT2D eigenvalue weighted by Gasteiger charge is 2.15. The topological polar surface area (TPSA) is 58.6 Å². The predicted molar refractivity (Wildman–Crippen MR) is 88.9 cm³/mol. The van der Waals surface area contributed by atoms with Gasteiger partial charge in [-0.25, -0.2) is 0 Å². The van der Waals surface area contributed by atoms with E-state index in [2.05, 4.69) is 11.2 Å². The Balaban J connectivity index is 1.78. The van der Waals surface area contributed by atoms with Gasteiger partial charge in [-0.3, -0.25) is 4.79 Å². The molecule has 0 saturated heterocycles. The minimum absolute atomic E-state index is 0.243. The lowest BCUT2D eigenvalue weighted by Crippen LogP contribution is -2.30. The van der Waals surface area contributed by atoms with Crippen molar-refractivity contribution in [1.29, 1.82) is 0 Å². The van der Waals surface area contributed by atoms with Gasteiger partial charge in [0, 0.05) is 6.54 Å². The van der Waals surface area contributed by atoms with Gasteiger partial charge in [-0.15, -0.1) is 6.42 Å². The van der Waals surface area contributed by atoms with E-state index in [1.165, 1.54) is 0 Å². The van der Waals surface area contributed by atoms with E-state index < -0.39 is 12.0 Å². The molecule has 0 heterocycles. The van der Waals surface area contributed by atoms with Gasteiger partial charge in [-0.05, 0) is 29.7 Å². The first kappa shape index (κ1) is 16.6. The van der Waals surface area contributed by atoms with Crippen molar-refractivity contribution in [3.05, 3.63) is 65.7 Å². The number of nitrogens with one attached hydrogen (secondary N) is 1. The molecule has 0 aromatic heterocycles. The van der Waals surface area contributed by atoms with E-state index in [1.54, 1.807) is 24.3 Å². The summed E-state index contributed by atoms with van der Waals surface area (Å²) in [6.07, 6.45) is 4.66. The Morgan fingerprint density at radius 3 is 2.52 bits per heavy atom. The fourth-order valence-corrected chi connectivity index (χ4v) is 2.09. The fourth-order valence-electron chi connectivity index (χ4n) is 2.09. The zero-order valence-corrected chi connectivity index (χ0v) is 12.7. The third-order valence-corrected chi connectivity index (χ3v) is 3.32. The van der Waals surface area contributed by atoms with Crippen molar-refractivity contribution in [3.63, 3.8) is 0 Å². The second kappa shape index (κ2) is 8.62. The number of carbonyl (C=O) groups excluding carboxylic acids is 1. The highest BCUT2D eigenvalue weighted by Crippen LogP contribution is 2.13. The second-order valence-electron chi connectivity index (χ2n) is 4.99. The number of amides is 1. The van der Waals surface area contributed by atoms with Gasteiger partial charge in [-0.2, -0.15) is 0 Å². The van der Waals surface area contributed by atoms with Crippen LogP contribution in [-0.2, 0) is 11.2 Å². The molecule has 0 spiro atoms. The molecule has 1 amide bonds. The van der Waals surface area contributed by atoms with Crippen molar-refractivity contribution in [2.75, 3.05) is 13.2 Å². The SMILES string of the molecule is C#CCOc1ccc(CCNC(=O)C(O)c2ccccc2)cc1. The molecular formula is C19H19NO3. The first-order valence-corrected chi connectivity index (χ1v) is 7.36. The summed E-state index contributed by atoms with van der Waals surface area (Å²) in [7, 11) is 0. The molecule has 0 radical (unpaired) electrons. The maximum absolute atomic E-state index is 11.9. The molecule has 0 aliphatic heterocycles. The van der Waals surface area contributed by atoms with Crippen molar-refractivity contribution < 1.29 is 14.6 Å². The number of terminal acetylenes is 1. The van der Waals surface area contributed by atoms with Gasteiger partial charge in [0.2, 0.25) is 0 Å². The maximum atomic E-state index is 11.9. The Morgan fingerprint density at radius 1 is 1.17 bits per heavy atom. The summed E-state index contributed by atoms with van der Waals surface area (Å²) in [6, 6.07) is 16.4. The molecular weight excluding hydrogens is 290 g/mol. The lowest BCUT2D eigenvalue weighted by atomic mass is 10.1. The maximum Gasteiger partial charge on any atom is 0.253 e. The van der Waals surface area contributed by atoms with Gasteiger partial charge in [-0.1, -0.05) is 48.4 Å². The summed E-state index contributed by atoms with van der Waals surface area (Å²) < 4.78 is 5.29. The lowest BCUT2D eigenvalue weighted by Gasteiger charge is -2.11. The molecule has 0 aliphatic rings. The van der Waals surface area contributed by atoms with Gasteiger partial charge in [0.05, 0.1) is 0 Å². The summed E-state index contributed by atoms with van der Waals surface area (Å²) in [5.74, 6) is 2.73. The molecule has 1 unspecified atom stereocenters. The molecule has 118 valence electrons. The van der Waals surface area contributed by atoms with E-state index in [4.69, 9.17) is 11.2 Å². The number of ether oxygens (including phenoxy) is 1. The lowest BCUT2D eigenvalue weighted by molar-refractivity contribution is -0.129. The monoisotopic (exact) mass is 309 g/mol. The Morgan fingerprint density at radius 2 is 1.87 bits per heavy atom. The molecule has 2 aromatic carbocycles. The fraction of sp³-hybridized carbons (Fsp3) is 0.211. The van der Waals surface area contributed by atoms with Crippen molar-refractivity contribution >= 4 is 5.91 Å². The number of hydrogen-bond acceptors (Lipinski definition) is 3. The molecule has 0 fully saturated rings. The average Bonchev–Trinajstić information content (AvgIpc) is 2.61. The molecule has 23 heavy (non-hydrogen) atoms. The van der Waals surface area contributed by atoms with E-state index in [0.29, 0.717) is 18.5 Å². The van der Waals surface area contributed by atoms with Crippen LogP contribution >= 0.6 is 0 Å². The molecule has 2 N–H and O–H groups in total. The van der Waals surface area contributed by atoms with Crippen LogP contribution in [0.1, 0.15) is 17.2 Å². The standard InChI is InChI=1S/C19H19NO3/c1-2-14-23-17-10-8-15(9-11-17)12-13-20-19(22)18(21)16-6-4-3-5-7-16/h1,3-11,18,21H,12-14H2,(H,20,22). The Bertz CT molecular complexity index is 659. The summed E-state index contributed by atoms with van der Waals surface area (Å²) in [4.78, 5) is 11.9. The van der Waals surface area contributed by atoms with Gasteiger partial charge in [0.15, 0.2) is 6.10 Å². The first-order valence-electron chi connectivity index (χ1n) is 7.36. The average molecular weight is 309 g/mol. The Hall–Kier alpha value is -2.77. The minimum Gasteiger partial charge on any atom is -0.481 e. The van der Waals surface area contributed by atoms with Gasteiger partial charge >= 0.3 is 0 Å². The van der Waals surface area contributed by atoms with Crippen LogP contribution in [0.15, 0.2) is 54.6 Å². The van der Waals surface area contributed by atoms with E-state index in [-0.39, 0.29) is 6.61 Å². The molecule has 4 heteroatoms. The zero-order valence-electron chi connectivity index (χ0n) is 12.7. The number of hydrogen-bond donors (Lipinski definition) is 2. The largest absolute Gasteiger partial charge is 0.481 e. The number of rotatable bonds is 7. The third kappa shape index (κ3) is 5.17. The number of aliphatic hydroxyl groups is 1. The third-order valence-electron chi connectivity index (χ3n) is 3.32. The molecule has 2 rings (SSSR count). The quantitative estimate of drug-likeness (QED) is 0.770. The van der Waals surface area contributed by atoms with E-state index in [0.717, 1.165) is 11.3 Å². The van der Waals surface area contributed by atoms with E-state index in [1.807, 2.05) is 30.3 Å². The summed E-state index contributed by atoms with van der Waals surface area (Å²) >= 11 is 0. The van der Waals surface area contributed by atoms with Crippen LogP contribution in [-0.4, -0.2) is 24.2 Å². The number of carbonyl (C=O) groups is 1. The molecule has 2 aromatic rings. The van der Waals surface area contributed by atoms with Crippen LogP contribution in [0.5, 0.6) is 5.75 Å². The van der Waals surface area contributed by atoms with E-state index in [9.17, 15) is 9.90 Å². The van der Waals surface area contributed by atoms with Crippen molar-refractivity contribution in [1.82, 2.24) is 5.32 Å². The molecule has 1 atom stereocenters. The zero-order chi connectivity index (χ0) is 16.5. The molecule has 0 bridgehead atoms. The summed E-state index contributed by atoms with van der Waals surface area (Å²) in [5, 5.41) is 12.7. The van der Waals surface area contributed by atoms with Crippen LogP contribution in [0.3, 0.4) is 0 Å². The van der Waals surface area contributed by atoms with Crippen molar-refractivity contribution in [3.8, 4) is 18.1 Å². The Kier molecular flexibility index (Phi) is 6.22. The highest BCUT2D eigenvalue weighted by atomic mass is 16.5. The molecule has 0 saturated carbocycles. The van der Waals surface area contributed by atoms with Crippen LogP contribution in [0.25, 0.3) is 0 Å². The van der Waals surface area contributed by atoms with Crippen LogP contribution in [0.2, 0.25) is 0 Å². The first-order chi connectivity index (χ1) is 11.2. The van der Waals surface area contributed by atoms with Crippen LogP contribution < -0.4 is 10.1 Å². The smallest absolute Gasteiger partial charge is 0.253 e. The Labute approximate surface area is 136 Å². The highest BCUT2D eigenvalue weighted by molar-refractivity contribution is 5.81.